The van der Waals surface area contributed by atoms with Gasteiger partial charge < -0.3 is 9.47 Å². The smallest absolute Gasteiger partial charge is 0.265 e. The molecule has 0 spiro atoms. The number of methoxy groups -OCH3 is 1. The lowest BCUT2D eigenvalue weighted by Gasteiger charge is -2.26. The maximum Gasteiger partial charge on any atom is 0.265 e. The molecule has 2 heterocycles. The van der Waals surface area contributed by atoms with Crippen LogP contribution in [0.1, 0.15) is 11.1 Å². The highest BCUT2D eigenvalue weighted by Crippen LogP contribution is 2.38. The molecule has 0 amide bonds. The number of quaternary nitrogens is 1. The lowest BCUT2D eigenvalue weighted by molar-refractivity contribution is -0.750. The van der Waals surface area contributed by atoms with Gasteiger partial charge in [-0.1, -0.05) is 48.6 Å². The van der Waals surface area contributed by atoms with Crippen molar-refractivity contribution in [2.45, 2.75) is 6.61 Å². The molecule has 0 bridgehead atoms. The predicted molar refractivity (Wildman–Crippen MR) is 117 cm³/mol. The van der Waals surface area contributed by atoms with Gasteiger partial charge in [0.15, 0.2) is 11.5 Å². The number of hydrogen-bond donors (Lipinski definition) is 1. The molecule has 2 aliphatic heterocycles. The van der Waals surface area contributed by atoms with Gasteiger partial charge in [0, 0.05) is 5.57 Å². The number of aliphatic imine (C=N–C) groups is 2. The number of ether oxygens (including phenoxy) is 2. The minimum Gasteiger partial charge on any atom is -0.493 e. The summed E-state index contributed by atoms with van der Waals surface area (Å²) >= 11 is 0. The third kappa shape index (κ3) is 2.99. The number of fused-ring (bicyclic) bond motifs is 1. The zero-order chi connectivity index (χ0) is 20.6. The first kappa shape index (κ1) is 18.3. The Hall–Kier alpha value is -3.74. The second-order valence-corrected chi connectivity index (χ2v) is 7.14. The molecule has 2 aromatic rings. The number of amidine groups is 1. The van der Waals surface area contributed by atoms with E-state index < -0.39 is 0 Å². The van der Waals surface area contributed by atoms with Crippen LogP contribution in [0.2, 0.25) is 0 Å². The van der Waals surface area contributed by atoms with E-state index in [1.54, 1.807) is 19.5 Å². The molecule has 148 valence electrons. The van der Waals surface area contributed by atoms with Gasteiger partial charge in [-0.2, -0.15) is 10.8 Å². The maximum absolute atomic E-state index is 6.78. The highest BCUT2D eigenvalue weighted by molar-refractivity contribution is 6.01. The highest BCUT2D eigenvalue weighted by atomic mass is 16.5. The average molecular weight is 397 g/mol. The molecule has 3 aliphatic rings. The maximum atomic E-state index is 6.78. The summed E-state index contributed by atoms with van der Waals surface area (Å²) in [6.07, 6.45) is 11.3. The molecular formula is C24H21N4O2+. The second kappa shape index (κ2) is 7.26. The van der Waals surface area contributed by atoms with Crippen LogP contribution in [0.25, 0.3) is 0 Å². The summed E-state index contributed by atoms with van der Waals surface area (Å²) < 4.78 is 11.6. The van der Waals surface area contributed by atoms with E-state index in [1.165, 1.54) is 0 Å². The van der Waals surface area contributed by atoms with Crippen LogP contribution in [-0.4, -0.2) is 23.8 Å². The number of hydrogen-bond acceptors (Lipinski definition) is 5. The molecule has 6 heteroatoms. The Labute approximate surface area is 174 Å². The molecule has 6 nitrogen and oxygen atoms in total. The molecule has 1 atom stereocenters. The summed E-state index contributed by atoms with van der Waals surface area (Å²) in [5, 5.41) is 0. The summed E-state index contributed by atoms with van der Waals surface area (Å²) in [5.41, 5.74) is 4.66. The van der Waals surface area contributed by atoms with Gasteiger partial charge in [-0.25, -0.2) is 0 Å². The van der Waals surface area contributed by atoms with Crippen molar-refractivity contribution in [2.24, 2.45) is 15.8 Å². The van der Waals surface area contributed by atoms with Crippen LogP contribution < -0.4 is 15.3 Å². The molecule has 30 heavy (non-hydrogen) atoms. The van der Waals surface area contributed by atoms with E-state index in [0.29, 0.717) is 23.9 Å². The Morgan fingerprint density at radius 2 is 1.90 bits per heavy atom. The van der Waals surface area contributed by atoms with Gasteiger partial charge in [0.1, 0.15) is 18.5 Å². The third-order valence-corrected chi connectivity index (χ3v) is 5.28. The molecule has 0 saturated heterocycles. The van der Waals surface area contributed by atoms with Crippen molar-refractivity contribution in [3.8, 4) is 11.5 Å². The van der Waals surface area contributed by atoms with Crippen molar-refractivity contribution in [3.05, 3.63) is 107 Å². The second-order valence-electron chi connectivity index (χ2n) is 7.14. The van der Waals surface area contributed by atoms with Crippen LogP contribution in [0.3, 0.4) is 0 Å². The fraction of sp³-hybridized carbons (Fsp3) is 0.0833. The van der Waals surface area contributed by atoms with E-state index in [2.05, 4.69) is 4.99 Å². The lowest BCUT2D eigenvalue weighted by atomic mass is 10.0. The molecule has 2 aromatic carbocycles. The van der Waals surface area contributed by atoms with Gasteiger partial charge in [0.25, 0.3) is 5.84 Å². The van der Waals surface area contributed by atoms with Crippen molar-refractivity contribution in [3.63, 3.8) is 0 Å². The van der Waals surface area contributed by atoms with Gasteiger partial charge in [-0.05, 0) is 23.8 Å². The first-order chi connectivity index (χ1) is 14.7. The Balaban J connectivity index is 1.51. The number of benzene rings is 2. The fourth-order valence-electron chi connectivity index (χ4n) is 3.60. The van der Waals surface area contributed by atoms with Crippen LogP contribution in [0.15, 0.2) is 106 Å². The topological polar surface area (TPSA) is 69.2 Å². The van der Waals surface area contributed by atoms with E-state index >= 15 is 0 Å². The average Bonchev–Trinajstić information content (AvgIpc) is 3.04. The first-order valence-corrected chi connectivity index (χ1v) is 9.65. The van der Waals surface area contributed by atoms with Crippen LogP contribution in [0, 0.1) is 0 Å². The summed E-state index contributed by atoms with van der Waals surface area (Å²) in [5.74, 6) is 8.78. The van der Waals surface area contributed by atoms with Gasteiger partial charge in [0.2, 0.25) is 5.70 Å². The molecule has 0 saturated carbocycles. The van der Waals surface area contributed by atoms with Gasteiger partial charge in [-0.3, -0.25) is 4.99 Å². The zero-order valence-corrected chi connectivity index (χ0v) is 16.5. The van der Waals surface area contributed by atoms with Gasteiger partial charge in [-0.15, -0.1) is 4.59 Å². The van der Waals surface area contributed by atoms with Gasteiger partial charge in [0.05, 0.1) is 25.1 Å². The molecule has 5 rings (SSSR count). The van der Waals surface area contributed by atoms with E-state index in [4.69, 9.17) is 20.3 Å². The Bertz CT molecular complexity index is 1190. The van der Waals surface area contributed by atoms with E-state index in [1.807, 2.05) is 73.0 Å². The monoisotopic (exact) mass is 397 g/mol. The van der Waals surface area contributed by atoms with Crippen LogP contribution in [0.4, 0.5) is 0 Å². The van der Waals surface area contributed by atoms with Crippen LogP contribution in [-0.2, 0) is 6.61 Å². The zero-order valence-electron chi connectivity index (χ0n) is 16.5. The molecule has 0 radical (unpaired) electrons. The van der Waals surface area contributed by atoms with E-state index in [-0.39, 0.29) is 4.59 Å². The fourth-order valence-corrected chi connectivity index (χ4v) is 3.60. The number of allylic oxidation sites excluding steroid dienone is 4. The Morgan fingerprint density at radius 3 is 2.63 bits per heavy atom. The van der Waals surface area contributed by atoms with Crippen molar-refractivity contribution >= 4 is 12.1 Å². The lowest BCUT2D eigenvalue weighted by Crippen LogP contribution is -2.53. The van der Waals surface area contributed by atoms with Gasteiger partial charge >= 0.3 is 0 Å². The van der Waals surface area contributed by atoms with Crippen molar-refractivity contribution < 1.29 is 14.1 Å². The van der Waals surface area contributed by atoms with E-state index in [9.17, 15) is 0 Å². The summed E-state index contributed by atoms with van der Waals surface area (Å²) in [4.78, 5) is 9.16. The minimum absolute atomic E-state index is 0.0333. The predicted octanol–water partition coefficient (Wildman–Crippen LogP) is 3.99. The number of rotatable bonds is 6. The van der Waals surface area contributed by atoms with Crippen molar-refractivity contribution in [1.29, 1.82) is 0 Å². The quantitative estimate of drug-likeness (QED) is 0.592. The standard InChI is InChI=1S/C24H21N4O2/c1-29-21-11-10-19(14-22(21)30-16-17-6-3-2-4-7-17)24-27-23(18-8-5-9-18)20-15-26-12-13-28(20,24)25/h2-15H,16,25H2,1H3/q+1. The summed E-state index contributed by atoms with van der Waals surface area (Å²) in [7, 11) is 1.63. The first-order valence-electron chi connectivity index (χ1n) is 9.65. The number of nitrogens with two attached hydrogens (primary N) is 1. The Morgan fingerprint density at radius 1 is 1.07 bits per heavy atom. The minimum atomic E-state index is -0.0333. The normalized spacial score (nSPS) is 21.1. The van der Waals surface area contributed by atoms with Crippen molar-refractivity contribution in [1.82, 2.24) is 0 Å². The molecular weight excluding hydrogens is 376 g/mol. The molecule has 0 fully saturated rings. The summed E-state index contributed by atoms with van der Waals surface area (Å²) in [6.45, 7) is 0.439. The largest absolute Gasteiger partial charge is 0.493 e. The number of nitrogens with zero attached hydrogens (tertiary/aromatic N) is 3. The third-order valence-electron chi connectivity index (χ3n) is 5.28. The van der Waals surface area contributed by atoms with E-state index in [0.717, 1.165) is 28.1 Å². The van der Waals surface area contributed by atoms with Crippen LogP contribution in [0.5, 0.6) is 11.5 Å². The molecule has 0 aromatic heterocycles. The van der Waals surface area contributed by atoms with Crippen molar-refractivity contribution in [2.75, 3.05) is 7.11 Å². The van der Waals surface area contributed by atoms with Crippen LogP contribution >= 0.6 is 0 Å². The SMILES string of the molecule is COc1ccc(C2=NC(C3=CC=C3)=C3C=NC=C[N+]23N)cc1OCc1ccccc1. The molecule has 1 unspecified atom stereocenters. The molecule has 2 N–H and O–H groups in total. The molecule has 1 aliphatic carbocycles. The Kier molecular flexibility index (Phi) is 4.43. The summed E-state index contributed by atoms with van der Waals surface area (Å²) in [6, 6.07) is 15.8. The highest BCUT2D eigenvalue weighted by Gasteiger charge is 2.45.